The average molecular weight is 416 g/mol. The number of carbonyl (C=O) groups excluding carboxylic acids is 1. The summed E-state index contributed by atoms with van der Waals surface area (Å²) in [4.78, 5) is 33.8. The fourth-order valence-electron chi connectivity index (χ4n) is 2.76. The Hall–Kier alpha value is -3.53. The lowest BCUT2D eigenvalue weighted by molar-refractivity contribution is 0.103. The van der Waals surface area contributed by atoms with E-state index in [1.807, 2.05) is 0 Å². The summed E-state index contributed by atoms with van der Waals surface area (Å²) >= 11 is 0.773. The molecule has 10 heteroatoms. The third kappa shape index (κ3) is 3.38. The highest BCUT2D eigenvalue weighted by atomic mass is 32.2. The molecule has 0 aliphatic rings. The topological polar surface area (TPSA) is 90.6 Å². The van der Waals surface area contributed by atoms with E-state index in [1.165, 1.54) is 24.4 Å². The van der Waals surface area contributed by atoms with Gasteiger partial charge in [-0.1, -0.05) is 12.1 Å². The van der Waals surface area contributed by atoms with Gasteiger partial charge in [-0.2, -0.15) is 0 Å². The van der Waals surface area contributed by atoms with Crippen LogP contribution in [0.15, 0.2) is 58.6 Å². The Balaban J connectivity index is 1.72. The summed E-state index contributed by atoms with van der Waals surface area (Å²) in [6.07, 6.45) is 2.31. The maximum Gasteiger partial charge on any atom is 0.260 e. The van der Waals surface area contributed by atoms with Gasteiger partial charge in [-0.05, 0) is 36.2 Å². The van der Waals surface area contributed by atoms with Crippen LogP contribution in [0.3, 0.4) is 0 Å². The normalized spacial score (nSPS) is 11.0. The van der Waals surface area contributed by atoms with Crippen molar-refractivity contribution in [3.8, 4) is 0 Å². The summed E-state index contributed by atoms with van der Waals surface area (Å²) in [5.41, 5.74) is -1.78. The number of hydrogen-bond acceptors (Lipinski definition) is 5. The van der Waals surface area contributed by atoms with Gasteiger partial charge in [0.15, 0.2) is 5.82 Å². The molecule has 0 aliphatic carbocycles. The maximum atomic E-state index is 14.9. The molecule has 0 radical (unpaired) electrons. The second-order valence-electron chi connectivity index (χ2n) is 5.91. The first-order chi connectivity index (χ1) is 14.0. The number of rotatable bonds is 5. The van der Waals surface area contributed by atoms with E-state index >= 15 is 0 Å². The second kappa shape index (κ2) is 7.47. The molecular weight excluding hydrogens is 405 g/mol. The van der Waals surface area contributed by atoms with Crippen LogP contribution in [-0.4, -0.2) is 20.7 Å². The summed E-state index contributed by atoms with van der Waals surface area (Å²) in [5.74, 6) is -3.80. The summed E-state index contributed by atoms with van der Waals surface area (Å²) in [6, 6.07) is 7.84. The van der Waals surface area contributed by atoms with Gasteiger partial charge in [0.05, 0.1) is 33.4 Å². The molecule has 0 saturated carbocycles. The lowest BCUT2D eigenvalue weighted by Gasteiger charge is -2.11. The zero-order valence-electron chi connectivity index (χ0n) is 14.4. The molecule has 29 heavy (non-hydrogen) atoms. The first-order valence-corrected chi connectivity index (χ1v) is 9.04. The van der Waals surface area contributed by atoms with Gasteiger partial charge in [-0.25, -0.2) is 18.2 Å². The Morgan fingerprint density at radius 1 is 1.03 bits per heavy atom. The molecule has 6 nitrogen and oxygen atoms in total. The van der Waals surface area contributed by atoms with Gasteiger partial charge < -0.3 is 14.7 Å². The van der Waals surface area contributed by atoms with Crippen molar-refractivity contribution in [2.75, 3.05) is 4.72 Å². The largest absolute Gasteiger partial charge is 0.345 e. The highest BCUT2D eigenvalue weighted by Crippen LogP contribution is 2.29. The zero-order valence-corrected chi connectivity index (χ0v) is 15.2. The number of nitrogens with one attached hydrogen (secondary N) is 3. The van der Waals surface area contributed by atoms with Gasteiger partial charge in [0.25, 0.3) is 5.56 Å². The molecule has 4 aromatic rings. The molecule has 0 fully saturated rings. The number of hydrogen-bond donors (Lipinski definition) is 3. The summed E-state index contributed by atoms with van der Waals surface area (Å²) < 4.78 is 45.6. The molecule has 0 spiro atoms. The van der Waals surface area contributed by atoms with E-state index < -0.39 is 34.4 Å². The van der Waals surface area contributed by atoms with Gasteiger partial charge in [0, 0.05) is 6.20 Å². The SMILES string of the molecule is O=C(c1c(F)ccc(NSc2ccccc2F)c1F)c1c[nH]c2nc[nH]c(=O)c12. The van der Waals surface area contributed by atoms with Gasteiger partial charge in [0.2, 0.25) is 5.78 Å². The van der Waals surface area contributed by atoms with Crippen molar-refractivity contribution in [3.05, 3.63) is 87.9 Å². The van der Waals surface area contributed by atoms with Gasteiger partial charge >= 0.3 is 0 Å². The average Bonchev–Trinajstić information content (AvgIpc) is 3.14. The standard InChI is InChI=1S/C19H11F3N4O2S/c20-10-3-1-2-4-13(10)29-26-12-6-5-11(21)15(16(12)22)17(27)9-7-23-18-14(9)19(28)25-8-24-18/h1-8,26H,(H2,23,24,25,28). The van der Waals surface area contributed by atoms with E-state index in [0.717, 1.165) is 30.4 Å². The van der Waals surface area contributed by atoms with Crippen molar-refractivity contribution in [3.63, 3.8) is 0 Å². The Kier molecular flexibility index (Phi) is 4.85. The molecule has 4 rings (SSSR count). The van der Waals surface area contributed by atoms with E-state index in [1.54, 1.807) is 6.07 Å². The Bertz CT molecular complexity index is 1300. The third-order valence-corrected chi connectivity index (χ3v) is 5.02. The van der Waals surface area contributed by atoms with Crippen molar-refractivity contribution in [1.82, 2.24) is 15.0 Å². The van der Waals surface area contributed by atoms with Crippen LogP contribution in [0.5, 0.6) is 0 Å². The number of benzene rings is 2. The van der Waals surface area contributed by atoms with Crippen LogP contribution in [0.1, 0.15) is 15.9 Å². The number of fused-ring (bicyclic) bond motifs is 1. The summed E-state index contributed by atoms with van der Waals surface area (Å²) in [7, 11) is 0. The molecular formula is C19H11F3N4O2S. The van der Waals surface area contributed by atoms with E-state index in [2.05, 4.69) is 19.7 Å². The fourth-order valence-corrected chi connectivity index (χ4v) is 3.45. The highest BCUT2D eigenvalue weighted by molar-refractivity contribution is 8.00. The number of ketones is 1. The highest BCUT2D eigenvalue weighted by Gasteiger charge is 2.25. The van der Waals surface area contributed by atoms with Crippen LogP contribution in [0, 0.1) is 17.5 Å². The van der Waals surface area contributed by atoms with E-state index in [9.17, 15) is 22.8 Å². The van der Waals surface area contributed by atoms with E-state index in [-0.39, 0.29) is 27.2 Å². The monoisotopic (exact) mass is 416 g/mol. The minimum absolute atomic E-state index is 0.101. The Labute approximate surface area is 165 Å². The van der Waals surface area contributed by atoms with Gasteiger partial charge in [-0.15, -0.1) is 0 Å². The molecule has 2 aromatic carbocycles. The van der Waals surface area contributed by atoms with Crippen molar-refractivity contribution < 1.29 is 18.0 Å². The zero-order chi connectivity index (χ0) is 20.5. The number of aromatic nitrogens is 3. The van der Waals surface area contributed by atoms with E-state index in [4.69, 9.17) is 0 Å². The number of carbonyl (C=O) groups is 1. The fraction of sp³-hybridized carbons (Fsp3) is 0. The number of nitrogens with zero attached hydrogens (tertiary/aromatic N) is 1. The number of halogens is 3. The van der Waals surface area contributed by atoms with Crippen molar-refractivity contribution in [2.45, 2.75) is 4.90 Å². The smallest absolute Gasteiger partial charge is 0.260 e. The molecule has 146 valence electrons. The lowest BCUT2D eigenvalue weighted by Crippen LogP contribution is -2.13. The first kappa shape index (κ1) is 18.8. The van der Waals surface area contributed by atoms with Gasteiger partial charge in [0.1, 0.15) is 17.3 Å². The molecule has 0 atom stereocenters. The molecule has 0 bridgehead atoms. The van der Waals surface area contributed by atoms with Crippen LogP contribution < -0.4 is 10.3 Å². The first-order valence-electron chi connectivity index (χ1n) is 8.22. The molecule has 0 aliphatic heterocycles. The molecule has 0 amide bonds. The molecule has 0 unspecified atom stereocenters. The van der Waals surface area contributed by atoms with Crippen LogP contribution in [0.4, 0.5) is 18.9 Å². The van der Waals surface area contributed by atoms with E-state index in [0.29, 0.717) is 0 Å². The number of anilines is 1. The molecule has 3 N–H and O–H groups in total. The summed E-state index contributed by atoms with van der Waals surface area (Å²) in [5, 5.41) is -0.101. The Morgan fingerprint density at radius 3 is 2.62 bits per heavy atom. The predicted molar refractivity (Wildman–Crippen MR) is 102 cm³/mol. The quantitative estimate of drug-likeness (QED) is 0.338. The Morgan fingerprint density at radius 2 is 1.83 bits per heavy atom. The maximum absolute atomic E-state index is 14.9. The predicted octanol–water partition coefficient (Wildman–Crippen LogP) is 4.02. The molecule has 2 aromatic heterocycles. The molecule has 0 saturated heterocycles. The lowest BCUT2D eigenvalue weighted by atomic mass is 10.0. The van der Waals surface area contributed by atoms with Gasteiger partial charge in [-0.3, -0.25) is 9.59 Å². The van der Waals surface area contributed by atoms with Crippen molar-refractivity contribution >= 4 is 34.5 Å². The van der Waals surface area contributed by atoms with Crippen molar-refractivity contribution in [1.29, 1.82) is 0 Å². The number of H-pyrrole nitrogens is 2. The van der Waals surface area contributed by atoms with Crippen molar-refractivity contribution in [2.24, 2.45) is 0 Å². The third-order valence-electron chi connectivity index (χ3n) is 4.15. The summed E-state index contributed by atoms with van der Waals surface area (Å²) in [6.45, 7) is 0. The minimum atomic E-state index is -1.16. The second-order valence-corrected chi connectivity index (χ2v) is 6.75. The van der Waals surface area contributed by atoms with Crippen LogP contribution in [0.2, 0.25) is 0 Å². The van der Waals surface area contributed by atoms with Crippen LogP contribution in [0.25, 0.3) is 11.0 Å². The number of aromatic amines is 2. The van der Waals surface area contributed by atoms with Crippen LogP contribution >= 0.6 is 11.9 Å². The molecule has 2 heterocycles. The minimum Gasteiger partial charge on any atom is -0.345 e. The van der Waals surface area contributed by atoms with Crippen LogP contribution in [-0.2, 0) is 0 Å².